The van der Waals surface area contributed by atoms with Crippen LogP contribution in [0, 0.1) is 0 Å². The van der Waals surface area contributed by atoms with Gasteiger partial charge in [0, 0.05) is 6.20 Å². The Hall–Kier alpha value is -2.19. The van der Waals surface area contributed by atoms with E-state index in [9.17, 15) is 9.59 Å². The predicted molar refractivity (Wildman–Crippen MR) is 78.0 cm³/mol. The van der Waals surface area contributed by atoms with E-state index in [2.05, 4.69) is 20.3 Å². The van der Waals surface area contributed by atoms with E-state index in [1.165, 1.54) is 36.4 Å². The smallest absolute Gasteiger partial charge is 0.337 e. The van der Waals surface area contributed by atoms with Gasteiger partial charge in [-0.3, -0.25) is 9.78 Å². The molecule has 108 valence electrons. The number of hydrogen-bond donors (Lipinski definition) is 2. The molecule has 1 amide bonds. The van der Waals surface area contributed by atoms with Crippen LogP contribution in [0.4, 0.5) is 5.69 Å². The first-order valence-electron chi connectivity index (χ1n) is 5.57. The molecule has 0 aliphatic carbocycles. The van der Waals surface area contributed by atoms with Crippen molar-refractivity contribution in [1.82, 2.24) is 15.0 Å². The number of halogens is 1. The van der Waals surface area contributed by atoms with Crippen LogP contribution >= 0.6 is 23.4 Å². The average Bonchev–Trinajstić information content (AvgIpc) is 2.48. The summed E-state index contributed by atoms with van der Waals surface area (Å²) in [6, 6.07) is 1.29. The number of aromatic nitrogens is 3. The number of anilines is 1. The molecule has 0 aliphatic rings. The number of nitrogens with zero attached hydrogens (tertiary/aromatic N) is 3. The molecular weight excluding hydrogens is 316 g/mol. The third kappa shape index (κ3) is 3.67. The second-order valence-electron chi connectivity index (χ2n) is 3.77. The highest BCUT2D eigenvalue weighted by molar-refractivity contribution is 7.98. The fraction of sp³-hybridized carbons (Fsp3) is 0.0833. The molecule has 9 heteroatoms. The largest absolute Gasteiger partial charge is 0.478 e. The van der Waals surface area contributed by atoms with Crippen molar-refractivity contribution in [2.24, 2.45) is 0 Å². The Morgan fingerprint density at radius 2 is 2.10 bits per heavy atom. The minimum atomic E-state index is -1.14. The lowest BCUT2D eigenvalue weighted by Gasteiger charge is -2.07. The molecule has 0 bridgehead atoms. The quantitative estimate of drug-likeness (QED) is 0.656. The van der Waals surface area contributed by atoms with Gasteiger partial charge in [-0.15, -0.1) is 0 Å². The molecular formula is C12H9ClN4O3S. The van der Waals surface area contributed by atoms with E-state index >= 15 is 0 Å². The van der Waals surface area contributed by atoms with Crippen molar-refractivity contribution in [3.8, 4) is 0 Å². The van der Waals surface area contributed by atoms with Crippen molar-refractivity contribution in [2.75, 3.05) is 11.6 Å². The van der Waals surface area contributed by atoms with E-state index in [0.717, 1.165) is 0 Å². The number of aromatic carboxylic acids is 1. The molecule has 0 saturated carbocycles. The highest BCUT2D eigenvalue weighted by Crippen LogP contribution is 2.18. The fourth-order valence-corrected chi connectivity index (χ4v) is 1.94. The van der Waals surface area contributed by atoms with Crippen molar-refractivity contribution in [3.05, 3.63) is 40.9 Å². The number of nitrogens with one attached hydrogen (secondary N) is 1. The first kappa shape index (κ1) is 15.2. The Kier molecular flexibility index (Phi) is 4.71. The Morgan fingerprint density at radius 1 is 1.33 bits per heavy atom. The minimum absolute atomic E-state index is 0.0109. The predicted octanol–water partition coefficient (Wildman–Crippen LogP) is 2.20. The molecule has 0 fully saturated rings. The van der Waals surface area contributed by atoms with E-state index in [-0.39, 0.29) is 22.0 Å². The number of carbonyl (C=O) groups is 2. The maximum Gasteiger partial charge on any atom is 0.337 e. The number of hydrogen-bond acceptors (Lipinski definition) is 6. The van der Waals surface area contributed by atoms with E-state index in [4.69, 9.17) is 16.7 Å². The van der Waals surface area contributed by atoms with Gasteiger partial charge in [0.2, 0.25) is 0 Å². The summed E-state index contributed by atoms with van der Waals surface area (Å²) in [5.74, 6) is -1.70. The SMILES string of the molecule is CSc1ncc(Cl)c(C(=O)Nc2cncc(C(=O)O)c2)n1. The van der Waals surface area contributed by atoms with Crippen molar-refractivity contribution in [1.29, 1.82) is 0 Å². The first-order valence-corrected chi connectivity index (χ1v) is 7.17. The van der Waals surface area contributed by atoms with Crippen LogP contribution in [0.15, 0.2) is 29.8 Å². The molecule has 0 atom stereocenters. The molecule has 0 aliphatic heterocycles. The normalized spacial score (nSPS) is 10.2. The number of rotatable bonds is 4. The minimum Gasteiger partial charge on any atom is -0.478 e. The van der Waals surface area contributed by atoms with Crippen molar-refractivity contribution in [2.45, 2.75) is 5.16 Å². The van der Waals surface area contributed by atoms with Crippen molar-refractivity contribution in [3.63, 3.8) is 0 Å². The summed E-state index contributed by atoms with van der Waals surface area (Å²) in [6.45, 7) is 0. The maximum absolute atomic E-state index is 12.1. The zero-order valence-corrected chi connectivity index (χ0v) is 12.3. The van der Waals surface area contributed by atoms with E-state index in [1.807, 2.05) is 0 Å². The van der Waals surface area contributed by atoms with Gasteiger partial charge in [-0.1, -0.05) is 23.4 Å². The highest BCUT2D eigenvalue weighted by Gasteiger charge is 2.15. The third-order valence-electron chi connectivity index (χ3n) is 2.36. The van der Waals surface area contributed by atoms with Gasteiger partial charge in [0.1, 0.15) is 0 Å². The number of pyridine rings is 1. The molecule has 21 heavy (non-hydrogen) atoms. The summed E-state index contributed by atoms with van der Waals surface area (Å²) in [4.78, 5) is 34.7. The van der Waals surface area contributed by atoms with E-state index in [0.29, 0.717) is 5.16 Å². The van der Waals surface area contributed by atoms with Gasteiger partial charge in [0.15, 0.2) is 10.9 Å². The second kappa shape index (κ2) is 6.51. The Balaban J connectivity index is 2.25. The summed E-state index contributed by atoms with van der Waals surface area (Å²) in [6.07, 6.45) is 5.61. The lowest BCUT2D eigenvalue weighted by atomic mass is 10.2. The van der Waals surface area contributed by atoms with Crippen LogP contribution < -0.4 is 5.32 Å². The first-order chi connectivity index (χ1) is 10.0. The van der Waals surface area contributed by atoms with Crippen LogP contribution in [0.1, 0.15) is 20.8 Å². The maximum atomic E-state index is 12.1. The van der Waals surface area contributed by atoms with Gasteiger partial charge in [-0.2, -0.15) is 0 Å². The molecule has 2 rings (SSSR count). The molecule has 0 saturated heterocycles. The lowest BCUT2D eigenvalue weighted by molar-refractivity contribution is 0.0696. The van der Waals surface area contributed by atoms with Crippen LogP contribution in [0.25, 0.3) is 0 Å². The number of carbonyl (C=O) groups excluding carboxylic acids is 1. The van der Waals surface area contributed by atoms with Crippen LogP contribution in [0.5, 0.6) is 0 Å². The summed E-state index contributed by atoms with van der Waals surface area (Å²) >= 11 is 7.16. The summed E-state index contributed by atoms with van der Waals surface area (Å²) in [5.41, 5.74) is 0.211. The monoisotopic (exact) mass is 324 g/mol. The number of amides is 1. The number of thioether (sulfide) groups is 1. The average molecular weight is 325 g/mol. The third-order valence-corrected chi connectivity index (χ3v) is 3.20. The van der Waals surface area contributed by atoms with Crippen LogP contribution in [-0.2, 0) is 0 Å². The second-order valence-corrected chi connectivity index (χ2v) is 4.96. The molecule has 2 aromatic rings. The molecule has 0 spiro atoms. The molecule has 2 N–H and O–H groups in total. The van der Waals surface area contributed by atoms with Crippen LogP contribution in [0.3, 0.4) is 0 Å². The highest BCUT2D eigenvalue weighted by atomic mass is 35.5. The summed E-state index contributed by atoms with van der Waals surface area (Å²) < 4.78 is 0. The molecule has 0 aromatic carbocycles. The van der Waals surface area contributed by atoms with Crippen molar-refractivity contribution < 1.29 is 14.7 Å². The van der Waals surface area contributed by atoms with Gasteiger partial charge in [-0.05, 0) is 12.3 Å². The van der Waals surface area contributed by atoms with E-state index in [1.54, 1.807) is 6.26 Å². The standard InChI is InChI=1S/C12H9ClN4O3S/c1-21-12-15-5-8(13)9(17-12)10(18)16-7-2-6(11(19)20)3-14-4-7/h2-5H,1H3,(H,16,18)(H,19,20). The van der Waals surface area contributed by atoms with Gasteiger partial charge in [0.05, 0.1) is 28.7 Å². The zero-order valence-electron chi connectivity index (χ0n) is 10.7. The fourth-order valence-electron chi connectivity index (χ4n) is 1.42. The Bertz CT molecular complexity index is 711. The van der Waals surface area contributed by atoms with Gasteiger partial charge in [-0.25, -0.2) is 14.8 Å². The summed E-state index contributed by atoms with van der Waals surface area (Å²) in [5, 5.41) is 11.9. The van der Waals surface area contributed by atoms with Crippen molar-refractivity contribution >= 4 is 40.9 Å². The number of carboxylic acid groups (broad SMARTS) is 1. The molecule has 2 heterocycles. The Morgan fingerprint density at radius 3 is 2.76 bits per heavy atom. The zero-order chi connectivity index (χ0) is 15.4. The molecule has 0 radical (unpaired) electrons. The Labute approximate surface area is 128 Å². The van der Waals surface area contributed by atoms with Gasteiger partial charge in [0.25, 0.3) is 5.91 Å². The number of carboxylic acids is 1. The molecule has 0 unspecified atom stereocenters. The van der Waals surface area contributed by atoms with Crippen LogP contribution in [0.2, 0.25) is 5.02 Å². The van der Waals surface area contributed by atoms with E-state index < -0.39 is 11.9 Å². The lowest BCUT2D eigenvalue weighted by Crippen LogP contribution is -2.15. The van der Waals surface area contributed by atoms with Gasteiger partial charge < -0.3 is 10.4 Å². The molecule has 2 aromatic heterocycles. The van der Waals surface area contributed by atoms with Crippen LogP contribution in [-0.4, -0.2) is 38.2 Å². The topological polar surface area (TPSA) is 105 Å². The van der Waals surface area contributed by atoms with Gasteiger partial charge >= 0.3 is 5.97 Å². The molecule has 7 nitrogen and oxygen atoms in total. The summed E-state index contributed by atoms with van der Waals surface area (Å²) in [7, 11) is 0.